The van der Waals surface area contributed by atoms with Crippen molar-refractivity contribution in [3.63, 3.8) is 0 Å². The van der Waals surface area contributed by atoms with E-state index < -0.39 is 5.54 Å². The van der Waals surface area contributed by atoms with Gasteiger partial charge in [0.05, 0.1) is 6.54 Å². The van der Waals surface area contributed by atoms with Gasteiger partial charge in [-0.3, -0.25) is 4.90 Å². The van der Waals surface area contributed by atoms with Crippen LogP contribution in [0.3, 0.4) is 0 Å². The Kier molecular flexibility index (Phi) is 2.89. The van der Waals surface area contributed by atoms with E-state index in [1.807, 2.05) is 0 Å². The van der Waals surface area contributed by atoms with Crippen LogP contribution in [0.5, 0.6) is 0 Å². The summed E-state index contributed by atoms with van der Waals surface area (Å²) in [5, 5.41) is 0. The molecule has 2 N–H and O–H groups in total. The number of amidine groups is 1. The van der Waals surface area contributed by atoms with E-state index in [2.05, 4.69) is 31.7 Å². The van der Waals surface area contributed by atoms with Crippen LogP contribution in [0.2, 0.25) is 0 Å². The van der Waals surface area contributed by atoms with Gasteiger partial charge >= 0.3 is 6.03 Å². The summed E-state index contributed by atoms with van der Waals surface area (Å²) < 4.78 is 0. The van der Waals surface area contributed by atoms with Gasteiger partial charge in [0.2, 0.25) is 0 Å². The average molecular weight is 247 g/mol. The van der Waals surface area contributed by atoms with Crippen molar-refractivity contribution in [1.82, 2.24) is 4.90 Å². The van der Waals surface area contributed by atoms with Crippen molar-refractivity contribution in [3.05, 3.63) is 0 Å². The Morgan fingerprint density at radius 1 is 1.56 bits per heavy atom. The summed E-state index contributed by atoms with van der Waals surface area (Å²) in [6.07, 6.45) is 8.28. The molecule has 1 aliphatic heterocycles. The van der Waals surface area contributed by atoms with Crippen molar-refractivity contribution in [3.8, 4) is 12.3 Å². The fraction of sp³-hybridized carbons (Fsp3) is 0.714. The van der Waals surface area contributed by atoms with Crippen LogP contribution in [0.15, 0.2) is 4.99 Å². The molecule has 2 unspecified atom stereocenters. The highest BCUT2D eigenvalue weighted by molar-refractivity contribution is 6.06. The molecule has 0 aromatic heterocycles. The van der Waals surface area contributed by atoms with E-state index in [1.54, 1.807) is 4.90 Å². The molecule has 4 nitrogen and oxygen atoms in total. The Bertz CT molecular complexity index is 446. The molecule has 0 aromatic carbocycles. The number of terminal acetylenes is 1. The number of rotatable bonds is 1. The summed E-state index contributed by atoms with van der Waals surface area (Å²) in [4.78, 5) is 17.6. The molecule has 0 aromatic rings. The minimum atomic E-state index is -0.445. The van der Waals surface area contributed by atoms with Crippen molar-refractivity contribution in [2.45, 2.75) is 45.6 Å². The van der Waals surface area contributed by atoms with Crippen molar-refractivity contribution >= 4 is 11.9 Å². The van der Waals surface area contributed by atoms with Crippen molar-refractivity contribution in [2.24, 2.45) is 22.1 Å². The summed E-state index contributed by atoms with van der Waals surface area (Å²) in [5.74, 6) is 3.28. The van der Waals surface area contributed by atoms with Crippen LogP contribution in [0.4, 0.5) is 4.79 Å². The summed E-state index contributed by atoms with van der Waals surface area (Å²) in [6.45, 7) is 6.94. The minimum absolute atomic E-state index is 0.281. The van der Waals surface area contributed by atoms with Gasteiger partial charge in [0.15, 0.2) is 0 Å². The SMILES string of the molecule is C#CCN1C(=O)N=C(N)C12CCC(C)(C)CC2C. The van der Waals surface area contributed by atoms with Gasteiger partial charge < -0.3 is 5.73 Å². The molecule has 2 rings (SSSR count). The fourth-order valence-electron chi connectivity index (χ4n) is 3.53. The Morgan fingerprint density at radius 2 is 2.22 bits per heavy atom. The molecule has 1 saturated carbocycles. The molecular weight excluding hydrogens is 226 g/mol. The zero-order valence-corrected chi connectivity index (χ0v) is 11.4. The van der Waals surface area contributed by atoms with Crippen LogP contribution in [0.1, 0.15) is 40.0 Å². The number of nitrogens with two attached hydrogens (primary N) is 1. The van der Waals surface area contributed by atoms with E-state index in [9.17, 15) is 4.79 Å². The maximum absolute atomic E-state index is 11.9. The molecule has 1 aliphatic carbocycles. The number of carbonyl (C=O) groups excluding carboxylic acids is 1. The van der Waals surface area contributed by atoms with Crippen LogP contribution in [0.25, 0.3) is 0 Å². The second kappa shape index (κ2) is 4.01. The van der Waals surface area contributed by atoms with Crippen molar-refractivity contribution in [1.29, 1.82) is 0 Å². The fourth-order valence-corrected chi connectivity index (χ4v) is 3.53. The first-order chi connectivity index (χ1) is 8.33. The summed E-state index contributed by atoms with van der Waals surface area (Å²) in [5.41, 5.74) is 5.90. The van der Waals surface area contributed by atoms with Gasteiger partial charge in [0.1, 0.15) is 11.4 Å². The highest BCUT2D eigenvalue weighted by Gasteiger charge is 2.55. The second-order valence-electron chi connectivity index (χ2n) is 6.26. The van der Waals surface area contributed by atoms with Gasteiger partial charge in [-0.25, -0.2) is 4.79 Å². The molecule has 1 heterocycles. The largest absolute Gasteiger partial charge is 0.385 e. The van der Waals surface area contributed by atoms with Gasteiger partial charge in [-0.1, -0.05) is 26.7 Å². The quantitative estimate of drug-likeness (QED) is 0.720. The average Bonchev–Trinajstić information content (AvgIpc) is 2.48. The third-order valence-electron chi connectivity index (χ3n) is 4.48. The zero-order chi connectivity index (χ0) is 13.6. The number of amides is 2. The number of carbonyl (C=O) groups is 1. The van der Waals surface area contributed by atoms with E-state index in [0.717, 1.165) is 19.3 Å². The van der Waals surface area contributed by atoms with Crippen LogP contribution in [-0.4, -0.2) is 28.9 Å². The third kappa shape index (κ3) is 1.69. The topological polar surface area (TPSA) is 58.7 Å². The maximum Gasteiger partial charge on any atom is 0.346 e. The number of urea groups is 1. The molecule has 2 atom stereocenters. The Labute approximate surface area is 109 Å². The predicted octanol–water partition coefficient (Wildman–Crippen LogP) is 2.00. The third-order valence-corrected chi connectivity index (χ3v) is 4.48. The first-order valence-electron chi connectivity index (χ1n) is 6.43. The predicted molar refractivity (Wildman–Crippen MR) is 72.1 cm³/mol. The van der Waals surface area contributed by atoms with Crippen molar-refractivity contribution in [2.75, 3.05) is 6.54 Å². The minimum Gasteiger partial charge on any atom is -0.385 e. The first-order valence-corrected chi connectivity index (χ1v) is 6.43. The highest BCUT2D eigenvalue weighted by atomic mass is 16.2. The summed E-state index contributed by atoms with van der Waals surface area (Å²) in [6, 6.07) is -0.281. The number of aliphatic imine (C=N–C) groups is 1. The maximum atomic E-state index is 11.9. The molecular formula is C14H21N3O. The molecule has 18 heavy (non-hydrogen) atoms. The molecule has 98 valence electrons. The van der Waals surface area contributed by atoms with Gasteiger partial charge in [0.25, 0.3) is 0 Å². The highest BCUT2D eigenvalue weighted by Crippen LogP contribution is 2.48. The molecule has 0 radical (unpaired) electrons. The smallest absolute Gasteiger partial charge is 0.346 e. The van der Waals surface area contributed by atoms with Gasteiger partial charge in [-0.2, -0.15) is 4.99 Å². The molecule has 0 bridgehead atoms. The number of hydrogen-bond acceptors (Lipinski definition) is 2. The van der Waals surface area contributed by atoms with E-state index in [1.165, 1.54) is 0 Å². The van der Waals surface area contributed by atoms with Crippen LogP contribution >= 0.6 is 0 Å². The molecule has 2 aliphatic rings. The number of hydrogen-bond donors (Lipinski definition) is 1. The van der Waals surface area contributed by atoms with E-state index in [-0.39, 0.29) is 18.5 Å². The zero-order valence-electron chi connectivity index (χ0n) is 11.4. The molecule has 0 saturated heterocycles. The Hall–Kier alpha value is -1.50. The lowest BCUT2D eigenvalue weighted by Crippen LogP contribution is -2.61. The first kappa shape index (κ1) is 12.9. The van der Waals surface area contributed by atoms with Crippen LogP contribution in [0, 0.1) is 23.7 Å². The molecule has 1 spiro atoms. The monoisotopic (exact) mass is 247 g/mol. The Morgan fingerprint density at radius 3 is 2.78 bits per heavy atom. The lowest BCUT2D eigenvalue weighted by Gasteiger charge is -2.49. The molecule has 1 fully saturated rings. The van der Waals surface area contributed by atoms with E-state index in [4.69, 9.17) is 12.2 Å². The van der Waals surface area contributed by atoms with Gasteiger partial charge in [0, 0.05) is 0 Å². The normalized spacial score (nSPS) is 34.6. The lowest BCUT2D eigenvalue weighted by atomic mass is 9.63. The Balaban J connectivity index is 2.37. The second-order valence-corrected chi connectivity index (χ2v) is 6.26. The van der Waals surface area contributed by atoms with Crippen molar-refractivity contribution < 1.29 is 4.79 Å². The molecule has 2 amide bonds. The number of nitrogens with zero attached hydrogens (tertiary/aromatic N) is 2. The summed E-state index contributed by atoms with van der Waals surface area (Å²) in [7, 11) is 0. The van der Waals surface area contributed by atoms with Gasteiger partial charge in [-0.15, -0.1) is 6.42 Å². The standard InChI is InChI=1S/C14H21N3O/c1-5-8-17-12(18)16-11(15)14(17)7-6-13(3,4)9-10(14)2/h1,10H,6-9H2,2-4H3,(H2,15,16,18). The van der Waals surface area contributed by atoms with Crippen LogP contribution < -0.4 is 5.73 Å². The lowest BCUT2D eigenvalue weighted by molar-refractivity contribution is 0.0579. The van der Waals surface area contributed by atoms with E-state index >= 15 is 0 Å². The summed E-state index contributed by atoms with van der Waals surface area (Å²) >= 11 is 0. The van der Waals surface area contributed by atoms with Gasteiger partial charge in [-0.05, 0) is 30.6 Å². The van der Waals surface area contributed by atoms with Crippen LogP contribution in [-0.2, 0) is 0 Å². The molecule has 4 heteroatoms. The van der Waals surface area contributed by atoms with E-state index in [0.29, 0.717) is 11.3 Å².